The molecular formula is C28H35N3O3. The van der Waals surface area contributed by atoms with E-state index in [4.69, 9.17) is 9.84 Å². The molecule has 6 heteroatoms. The minimum Gasteiger partial charge on any atom is -0.466 e. The van der Waals surface area contributed by atoms with Crippen molar-refractivity contribution in [1.29, 1.82) is 0 Å². The lowest BCUT2D eigenvalue weighted by atomic mass is 9.93. The maximum Gasteiger partial charge on any atom is 0.309 e. The molecule has 0 aromatic heterocycles. The second-order valence-corrected chi connectivity index (χ2v) is 9.53. The third-order valence-corrected chi connectivity index (χ3v) is 6.91. The van der Waals surface area contributed by atoms with Crippen molar-refractivity contribution in [3.63, 3.8) is 0 Å². The normalized spacial score (nSPS) is 19.2. The number of aryl methyl sites for hydroxylation is 3. The van der Waals surface area contributed by atoms with Crippen LogP contribution in [0, 0.1) is 26.7 Å². The molecule has 2 aliphatic heterocycles. The third-order valence-electron chi connectivity index (χ3n) is 6.91. The number of carbonyl (C=O) groups excluding carboxylic acids is 2. The van der Waals surface area contributed by atoms with Crippen molar-refractivity contribution >= 4 is 17.6 Å². The van der Waals surface area contributed by atoms with Crippen molar-refractivity contribution in [1.82, 2.24) is 9.91 Å². The van der Waals surface area contributed by atoms with E-state index in [0.29, 0.717) is 32.7 Å². The van der Waals surface area contributed by atoms with Gasteiger partial charge >= 0.3 is 5.97 Å². The molecule has 0 radical (unpaired) electrons. The van der Waals surface area contributed by atoms with Crippen molar-refractivity contribution in [3.05, 3.63) is 70.3 Å². The monoisotopic (exact) mass is 461 g/mol. The molecule has 2 aliphatic rings. The van der Waals surface area contributed by atoms with Crippen molar-refractivity contribution in [2.45, 2.75) is 53.0 Å². The smallest absolute Gasteiger partial charge is 0.309 e. The Morgan fingerprint density at radius 1 is 1.00 bits per heavy atom. The highest BCUT2D eigenvalue weighted by Crippen LogP contribution is 2.35. The maximum atomic E-state index is 13.5. The number of amides is 1. The van der Waals surface area contributed by atoms with Gasteiger partial charge in [0.2, 0.25) is 0 Å². The quantitative estimate of drug-likeness (QED) is 0.592. The molecule has 2 aromatic carbocycles. The van der Waals surface area contributed by atoms with Crippen molar-refractivity contribution in [3.8, 4) is 0 Å². The van der Waals surface area contributed by atoms with Crippen LogP contribution in [-0.4, -0.2) is 53.7 Å². The van der Waals surface area contributed by atoms with Crippen LogP contribution in [-0.2, 0) is 14.3 Å². The van der Waals surface area contributed by atoms with Crippen LogP contribution in [0.25, 0.3) is 0 Å². The van der Waals surface area contributed by atoms with Gasteiger partial charge in [-0.3, -0.25) is 14.5 Å². The second-order valence-electron chi connectivity index (χ2n) is 9.53. The molecule has 0 N–H and O–H groups in total. The van der Waals surface area contributed by atoms with Crippen LogP contribution in [0.5, 0.6) is 0 Å². The standard InChI is InChI=1S/C28H35N3O3/c1-5-34-28(33)23-12-14-30(15-13-23)18-27(32)31-26(24-16-20(3)6-9-21(24)4)17-25(29-31)22-10-7-19(2)8-11-22/h6-11,16,23,26H,5,12-15,17-18H2,1-4H3/t26-/m1/s1. The summed E-state index contributed by atoms with van der Waals surface area (Å²) in [6, 6.07) is 14.6. The van der Waals surface area contributed by atoms with Crippen LogP contribution in [0.2, 0.25) is 0 Å². The van der Waals surface area contributed by atoms with Crippen LogP contribution in [0.15, 0.2) is 47.6 Å². The Hall–Kier alpha value is -2.99. The fourth-order valence-electron chi connectivity index (χ4n) is 4.87. The molecule has 34 heavy (non-hydrogen) atoms. The molecule has 2 aromatic rings. The van der Waals surface area contributed by atoms with Gasteiger partial charge in [-0.2, -0.15) is 5.10 Å². The minimum atomic E-state index is -0.115. The number of hydrazone groups is 1. The molecule has 180 valence electrons. The molecular weight excluding hydrogens is 426 g/mol. The molecule has 0 saturated carbocycles. The summed E-state index contributed by atoms with van der Waals surface area (Å²) in [5, 5.41) is 6.55. The summed E-state index contributed by atoms with van der Waals surface area (Å²) in [6.45, 7) is 10.2. The molecule has 1 fully saturated rings. The number of hydrogen-bond acceptors (Lipinski definition) is 5. The predicted octanol–water partition coefficient (Wildman–Crippen LogP) is 4.56. The topological polar surface area (TPSA) is 62.2 Å². The summed E-state index contributed by atoms with van der Waals surface area (Å²) in [5.41, 5.74) is 6.71. The number of benzene rings is 2. The third kappa shape index (κ3) is 5.39. The summed E-state index contributed by atoms with van der Waals surface area (Å²) in [4.78, 5) is 27.7. The summed E-state index contributed by atoms with van der Waals surface area (Å²) in [6.07, 6.45) is 2.15. The van der Waals surface area contributed by atoms with Gasteiger partial charge in [0.25, 0.3) is 5.91 Å². The zero-order valence-electron chi connectivity index (χ0n) is 20.7. The van der Waals surface area contributed by atoms with Crippen LogP contribution in [0.4, 0.5) is 0 Å². The minimum absolute atomic E-state index is 0.00241. The Bertz CT molecular complexity index is 1070. The van der Waals surface area contributed by atoms with Gasteiger partial charge in [0.1, 0.15) is 0 Å². The molecule has 0 aliphatic carbocycles. The maximum absolute atomic E-state index is 13.5. The zero-order chi connectivity index (χ0) is 24.2. The number of likely N-dealkylation sites (tertiary alicyclic amines) is 1. The van der Waals surface area contributed by atoms with Gasteiger partial charge < -0.3 is 4.74 Å². The Morgan fingerprint density at radius 2 is 1.68 bits per heavy atom. The number of carbonyl (C=O) groups is 2. The molecule has 1 atom stereocenters. The second kappa shape index (κ2) is 10.5. The molecule has 0 bridgehead atoms. The van der Waals surface area contributed by atoms with Crippen molar-refractivity contribution in [2.24, 2.45) is 11.0 Å². The van der Waals surface area contributed by atoms with Gasteiger partial charge in [0.15, 0.2) is 0 Å². The van der Waals surface area contributed by atoms with Gasteiger partial charge in [0.05, 0.1) is 30.8 Å². The lowest BCUT2D eigenvalue weighted by Gasteiger charge is -2.32. The Balaban J connectivity index is 1.52. The Labute approximate surface area is 202 Å². The number of hydrogen-bond donors (Lipinski definition) is 0. The van der Waals surface area contributed by atoms with E-state index < -0.39 is 0 Å². The van der Waals surface area contributed by atoms with Crippen molar-refractivity contribution in [2.75, 3.05) is 26.2 Å². The van der Waals surface area contributed by atoms with E-state index in [9.17, 15) is 9.59 Å². The summed E-state index contributed by atoms with van der Waals surface area (Å²) in [5.74, 6) is -0.176. The largest absolute Gasteiger partial charge is 0.466 e. The fourth-order valence-corrected chi connectivity index (χ4v) is 4.87. The van der Waals surface area contributed by atoms with E-state index in [0.717, 1.165) is 29.7 Å². The number of nitrogens with zero attached hydrogens (tertiary/aromatic N) is 3. The Morgan fingerprint density at radius 3 is 2.35 bits per heavy atom. The first-order valence-corrected chi connectivity index (χ1v) is 12.3. The molecule has 2 heterocycles. The van der Waals surface area contributed by atoms with E-state index in [2.05, 4.69) is 68.1 Å². The van der Waals surface area contributed by atoms with E-state index in [1.54, 1.807) is 5.01 Å². The number of esters is 1. The highest BCUT2D eigenvalue weighted by atomic mass is 16.5. The summed E-state index contributed by atoms with van der Waals surface area (Å²) in [7, 11) is 0. The molecule has 6 nitrogen and oxygen atoms in total. The first kappa shape index (κ1) is 24.1. The van der Waals surface area contributed by atoms with Crippen LogP contribution in [0.1, 0.15) is 60.0 Å². The Kier molecular flexibility index (Phi) is 7.47. The first-order valence-electron chi connectivity index (χ1n) is 12.3. The van der Waals surface area contributed by atoms with Crippen LogP contribution in [0.3, 0.4) is 0 Å². The van der Waals surface area contributed by atoms with Gasteiger partial charge in [0, 0.05) is 6.42 Å². The highest BCUT2D eigenvalue weighted by Gasteiger charge is 2.35. The highest BCUT2D eigenvalue weighted by molar-refractivity contribution is 6.03. The van der Waals surface area contributed by atoms with E-state index in [1.807, 2.05) is 6.92 Å². The molecule has 0 unspecified atom stereocenters. The average molecular weight is 462 g/mol. The summed E-state index contributed by atoms with van der Waals surface area (Å²) < 4.78 is 5.17. The lowest BCUT2D eigenvalue weighted by Crippen LogP contribution is -2.43. The van der Waals surface area contributed by atoms with E-state index >= 15 is 0 Å². The first-order chi connectivity index (χ1) is 16.4. The van der Waals surface area contributed by atoms with E-state index in [1.165, 1.54) is 16.7 Å². The van der Waals surface area contributed by atoms with Gasteiger partial charge in [-0.15, -0.1) is 0 Å². The number of ether oxygens (including phenoxy) is 1. The summed E-state index contributed by atoms with van der Waals surface area (Å²) >= 11 is 0. The number of rotatable bonds is 6. The van der Waals surface area contributed by atoms with Crippen LogP contribution >= 0.6 is 0 Å². The molecule has 1 amide bonds. The van der Waals surface area contributed by atoms with Gasteiger partial charge in [-0.25, -0.2) is 5.01 Å². The lowest BCUT2D eigenvalue weighted by molar-refractivity contribution is -0.149. The fraction of sp³-hybridized carbons (Fsp3) is 0.464. The SMILES string of the molecule is CCOC(=O)C1CCN(CC(=O)N2N=C(c3ccc(C)cc3)C[C@@H]2c2cc(C)ccc2C)CC1. The van der Waals surface area contributed by atoms with Crippen LogP contribution < -0.4 is 0 Å². The van der Waals surface area contributed by atoms with Gasteiger partial charge in [-0.05, 0) is 70.3 Å². The average Bonchev–Trinajstić information content (AvgIpc) is 3.27. The molecule has 4 rings (SSSR count). The predicted molar refractivity (Wildman–Crippen MR) is 134 cm³/mol. The van der Waals surface area contributed by atoms with Crippen molar-refractivity contribution < 1.29 is 14.3 Å². The zero-order valence-corrected chi connectivity index (χ0v) is 20.7. The van der Waals surface area contributed by atoms with E-state index in [-0.39, 0.29) is 23.8 Å². The molecule has 1 saturated heterocycles. The molecule has 0 spiro atoms. The van der Waals surface area contributed by atoms with Gasteiger partial charge in [-0.1, -0.05) is 53.6 Å². The number of piperidine rings is 1.